The van der Waals surface area contributed by atoms with Gasteiger partial charge >= 0.3 is 0 Å². The molecule has 1 spiro atoms. The molecule has 10 heteroatoms. The molecule has 3 aromatic carbocycles. The molecule has 0 saturated carbocycles. The Bertz CT molecular complexity index is 1680. The van der Waals surface area contributed by atoms with Gasteiger partial charge in [-0.2, -0.15) is 0 Å². The average molecular weight is 618 g/mol. The summed E-state index contributed by atoms with van der Waals surface area (Å²) in [6.07, 6.45) is 2.00. The molecule has 8 nitrogen and oxygen atoms in total. The van der Waals surface area contributed by atoms with Gasteiger partial charge in [-0.25, -0.2) is 0 Å². The molecule has 6 rings (SSSR count). The number of para-hydroxylation sites is 1. The zero-order valence-electron chi connectivity index (χ0n) is 24.4. The number of benzene rings is 3. The Kier molecular flexibility index (Phi) is 7.72. The molecule has 4 N–H and O–H groups in total. The first-order chi connectivity index (χ1) is 20.5. The molecule has 0 radical (unpaired) electrons. The van der Waals surface area contributed by atoms with Gasteiger partial charge < -0.3 is 29.8 Å². The standard InChI is InChI=1S/C33H36ClN3O5Si/c1-20-31(43(2,3)41)29(14-15-38)42-33(20)26-17-23(34)10-13-28(26)37(32(33)40)19-21-8-11-24(12-9-21)36-30(39)16-22-18-35-27-7-5-4-6-25(22)27/h4-13,17-18,20,29,31,35,38,41H,14-16,19H2,1-3H3,(H,36,39)/t20-,29+,31-,33+/m1/s1. The Hall–Kier alpha value is -3.47. The smallest absolute Gasteiger partial charge is 0.264 e. The van der Waals surface area contributed by atoms with Crippen molar-refractivity contribution in [1.82, 2.24) is 4.98 Å². The summed E-state index contributed by atoms with van der Waals surface area (Å²) < 4.78 is 6.61. The molecular formula is C33H36ClN3O5Si. The van der Waals surface area contributed by atoms with E-state index in [1.54, 1.807) is 17.0 Å². The predicted molar refractivity (Wildman–Crippen MR) is 171 cm³/mol. The number of aromatic amines is 1. The van der Waals surface area contributed by atoms with Gasteiger partial charge in [0.1, 0.15) is 0 Å². The minimum Gasteiger partial charge on any atom is -0.432 e. The van der Waals surface area contributed by atoms with Gasteiger partial charge in [0.25, 0.3) is 5.91 Å². The van der Waals surface area contributed by atoms with Crippen LogP contribution in [0.1, 0.15) is 30.0 Å². The molecule has 224 valence electrons. The molecule has 4 atom stereocenters. The summed E-state index contributed by atoms with van der Waals surface area (Å²) in [6.45, 7) is 5.88. The fourth-order valence-corrected chi connectivity index (χ4v) is 9.91. The first kappa shape index (κ1) is 29.6. The van der Waals surface area contributed by atoms with Crippen LogP contribution in [0.25, 0.3) is 10.9 Å². The number of halogens is 1. The van der Waals surface area contributed by atoms with Crippen LogP contribution in [0.4, 0.5) is 11.4 Å². The molecule has 2 aliphatic rings. The van der Waals surface area contributed by atoms with Gasteiger partial charge in [0.15, 0.2) is 13.9 Å². The number of ether oxygens (including phenoxy) is 1. The maximum Gasteiger partial charge on any atom is 0.264 e. The third-order valence-electron chi connectivity index (χ3n) is 8.96. The number of hydrogen-bond donors (Lipinski definition) is 4. The lowest BCUT2D eigenvalue weighted by Crippen LogP contribution is -2.46. The van der Waals surface area contributed by atoms with Crippen LogP contribution in [-0.4, -0.2) is 47.7 Å². The Balaban J connectivity index is 1.22. The second-order valence-electron chi connectivity index (χ2n) is 12.2. The van der Waals surface area contributed by atoms with E-state index >= 15 is 0 Å². The third kappa shape index (κ3) is 5.19. The van der Waals surface area contributed by atoms with Gasteiger partial charge in [-0.15, -0.1) is 0 Å². The maximum atomic E-state index is 14.4. The summed E-state index contributed by atoms with van der Waals surface area (Å²) in [5, 5.41) is 14.3. The number of rotatable bonds is 8. The summed E-state index contributed by atoms with van der Waals surface area (Å²) in [4.78, 5) is 43.3. The topological polar surface area (TPSA) is 115 Å². The lowest BCUT2D eigenvalue weighted by atomic mass is 9.82. The van der Waals surface area contributed by atoms with E-state index in [1.807, 2.05) is 80.8 Å². The number of nitrogens with one attached hydrogen (secondary N) is 2. The first-order valence-corrected chi connectivity index (χ1v) is 18.0. The number of aliphatic hydroxyl groups is 1. The number of nitrogens with zero attached hydrogens (tertiary/aromatic N) is 1. The highest BCUT2D eigenvalue weighted by Crippen LogP contribution is 2.60. The Morgan fingerprint density at radius 2 is 1.88 bits per heavy atom. The van der Waals surface area contributed by atoms with Crippen LogP contribution < -0.4 is 10.2 Å². The summed E-state index contributed by atoms with van der Waals surface area (Å²) in [5.41, 5.74) is 3.35. The molecular weight excluding hydrogens is 582 g/mol. The van der Waals surface area contributed by atoms with Crippen LogP contribution >= 0.6 is 11.6 Å². The summed E-state index contributed by atoms with van der Waals surface area (Å²) >= 11 is 6.44. The van der Waals surface area contributed by atoms with Crippen molar-refractivity contribution in [2.45, 2.75) is 56.7 Å². The molecule has 2 amide bonds. The maximum absolute atomic E-state index is 14.4. The number of aromatic nitrogens is 1. The van der Waals surface area contributed by atoms with Crippen LogP contribution in [0.15, 0.2) is 72.9 Å². The summed E-state index contributed by atoms with van der Waals surface area (Å²) in [7, 11) is -2.77. The van der Waals surface area contributed by atoms with E-state index in [0.717, 1.165) is 27.7 Å². The van der Waals surface area contributed by atoms with Gasteiger partial charge in [0.05, 0.1) is 24.8 Å². The summed E-state index contributed by atoms with van der Waals surface area (Å²) in [6, 6.07) is 20.8. The van der Waals surface area contributed by atoms with Crippen molar-refractivity contribution >= 4 is 54.0 Å². The van der Waals surface area contributed by atoms with E-state index in [4.69, 9.17) is 16.3 Å². The van der Waals surface area contributed by atoms with Gasteiger partial charge in [0.2, 0.25) is 5.91 Å². The number of carbonyl (C=O) groups is 2. The predicted octanol–water partition coefficient (Wildman–Crippen LogP) is 5.73. The van der Waals surface area contributed by atoms with Crippen molar-refractivity contribution in [3.63, 3.8) is 0 Å². The second kappa shape index (κ2) is 11.2. The van der Waals surface area contributed by atoms with Crippen molar-refractivity contribution in [1.29, 1.82) is 0 Å². The van der Waals surface area contributed by atoms with Crippen molar-refractivity contribution < 1.29 is 24.2 Å². The van der Waals surface area contributed by atoms with E-state index in [1.165, 1.54) is 0 Å². The zero-order chi connectivity index (χ0) is 30.5. The van der Waals surface area contributed by atoms with E-state index in [2.05, 4.69) is 10.3 Å². The third-order valence-corrected chi connectivity index (χ3v) is 11.7. The highest BCUT2D eigenvalue weighted by molar-refractivity contribution is 6.71. The number of fused-ring (bicyclic) bond motifs is 3. The van der Waals surface area contributed by atoms with Crippen LogP contribution in [0.2, 0.25) is 23.7 Å². The fraction of sp³-hybridized carbons (Fsp3) is 0.333. The second-order valence-corrected chi connectivity index (χ2v) is 16.6. The van der Waals surface area contributed by atoms with Gasteiger partial charge in [-0.05, 0) is 67.0 Å². The Labute approximate surface area is 256 Å². The molecule has 0 unspecified atom stereocenters. The molecule has 2 aliphatic heterocycles. The molecule has 1 saturated heterocycles. The fourth-order valence-electron chi connectivity index (χ4n) is 7.14. The van der Waals surface area contributed by atoms with Gasteiger partial charge in [0, 0.05) is 51.4 Å². The molecule has 1 fully saturated rings. The minimum absolute atomic E-state index is 0.0978. The highest BCUT2D eigenvalue weighted by atomic mass is 35.5. The number of hydrogen-bond acceptors (Lipinski definition) is 5. The van der Waals surface area contributed by atoms with E-state index < -0.39 is 20.0 Å². The van der Waals surface area contributed by atoms with Crippen molar-refractivity contribution in [2.75, 3.05) is 16.8 Å². The number of H-pyrrole nitrogens is 1. The lowest BCUT2D eigenvalue weighted by molar-refractivity contribution is -0.146. The number of anilines is 2. The van der Waals surface area contributed by atoms with Crippen LogP contribution in [0.5, 0.6) is 0 Å². The van der Waals surface area contributed by atoms with Crippen LogP contribution in [-0.2, 0) is 32.9 Å². The quantitative estimate of drug-likeness (QED) is 0.189. The number of carbonyl (C=O) groups excluding carboxylic acids is 2. The molecule has 0 bridgehead atoms. The van der Waals surface area contributed by atoms with E-state index in [-0.39, 0.29) is 36.3 Å². The molecule has 0 aliphatic carbocycles. The first-order valence-electron chi connectivity index (χ1n) is 14.6. The zero-order valence-corrected chi connectivity index (χ0v) is 26.2. The molecule has 43 heavy (non-hydrogen) atoms. The van der Waals surface area contributed by atoms with Crippen LogP contribution in [0, 0.1) is 5.92 Å². The normalized spacial score (nSPS) is 23.3. The van der Waals surface area contributed by atoms with Gasteiger partial charge in [-0.3, -0.25) is 9.59 Å². The molecule has 3 heterocycles. The largest absolute Gasteiger partial charge is 0.432 e. The minimum atomic E-state index is -2.77. The number of amides is 2. The van der Waals surface area contributed by atoms with Crippen LogP contribution in [0.3, 0.4) is 0 Å². The SMILES string of the molecule is C[C@@H]1[C@@H]([Si](C)(C)O)[C@H](CCO)O[C@@]12C(=O)N(Cc1ccc(NC(=O)Cc3c[nH]c4ccccc34)cc1)c1ccc(Cl)cc12. The van der Waals surface area contributed by atoms with Gasteiger partial charge in [-0.1, -0.05) is 48.9 Å². The average Bonchev–Trinajstić information content (AvgIpc) is 3.57. The lowest BCUT2D eigenvalue weighted by Gasteiger charge is -2.32. The number of aliphatic hydroxyl groups excluding tert-OH is 1. The monoisotopic (exact) mass is 617 g/mol. The van der Waals surface area contributed by atoms with Crippen molar-refractivity contribution in [3.8, 4) is 0 Å². The van der Waals surface area contributed by atoms with Crippen molar-refractivity contribution in [2.24, 2.45) is 5.92 Å². The van der Waals surface area contributed by atoms with E-state index in [0.29, 0.717) is 29.2 Å². The van der Waals surface area contributed by atoms with E-state index in [9.17, 15) is 19.5 Å². The summed E-state index contributed by atoms with van der Waals surface area (Å²) in [5.74, 6) is -0.632. The Morgan fingerprint density at radius 1 is 1.14 bits per heavy atom. The highest BCUT2D eigenvalue weighted by Gasteiger charge is 2.66. The Morgan fingerprint density at radius 3 is 2.60 bits per heavy atom. The molecule has 1 aromatic heterocycles. The molecule has 4 aromatic rings. The van der Waals surface area contributed by atoms with Crippen molar-refractivity contribution in [3.05, 3.63) is 94.6 Å².